The monoisotopic (exact) mass is 255 g/mol. The lowest BCUT2D eigenvalue weighted by atomic mass is 9.71. The van der Waals surface area contributed by atoms with E-state index in [1.165, 1.54) is 6.42 Å². The van der Waals surface area contributed by atoms with Gasteiger partial charge in [-0.1, -0.05) is 0 Å². The van der Waals surface area contributed by atoms with Gasteiger partial charge in [-0.2, -0.15) is 0 Å². The molecule has 0 spiro atoms. The Morgan fingerprint density at radius 2 is 1.79 bits per heavy atom. The van der Waals surface area contributed by atoms with Crippen LogP contribution in [0, 0.1) is 13.8 Å². The zero-order valence-electron chi connectivity index (χ0n) is 11.2. The van der Waals surface area contributed by atoms with E-state index >= 15 is 0 Å². The van der Waals surface area contributed by atoms with E-state index in [-0.39, 0.29) is 5.54 Å². The lowest BCUT2D eigenvalue weighted by Gasteiger charge is -2.38. The summed E-state index contributed by atoms with van der Waals surface area (Å²) in [6, 6.07) is 6.19. The van der Waals surface area contributed by atoms with Crippen LogP contribution in [0.15, 0.2) is 27.0 Å². The maximum absolute atomic E-state index is 6.57. The Bertz CT molecular complexity index is 735. The molecule has 0 unspecified atom stereocenters. The average Bonchev–Trinajstić information content (AvgIpc) is 2.83. The molecule has 1 fully saturated rings. The summed E-state index contributed by atoms with van der Waals surface area (Å²) in [4.78, 5) is 0. The smallest absolute Gasteiger partial charge is 0.140 e. The number of aryl methyl sites for hydroxylation is 2. The molecule has 2 heterocycles. The van der Waals surface area contributed by atoms with Crippen molar-refractivity contribution in [3.63, 3.8) is 0 Å². The van der Waals surface area contributed by atoms with Crippen LogP contribution in [-0.2, 0) is 5.54 Å². The van der Waals surface area contributed by atoms with E-state index in [1.54, 1.807) is 0 Å². The van der Waals surface area contributed by atoms with Gasteiger partial charge >= 0.3 is 0 Å². The highest BCUT2D eigenvalue weighted by Crippen LogP contribution is 2.46. The molecular weight excluding hydrogens is 238 g/mol. The van der Waals surface area contributed by atoms with Gasteiger partial charge in [-0.15, -0.1) is 0 Å². The maximum Gasteiger partial charge on any atom is 0.140 e. The Kier molecular flexibility index (Phi) is 2.00. The molecule has 98 valence electrons. The lowest BCUT2D eigenvalue weighted by Crippen LogP contribution is -2.43. The fourth-order valence-electron chi connectivity index (χ4n) is 3.24. The summed E-state index contributed by atoms with van der Waals surface area (Å²) in [5.41, 5.74) is 9.31. The molecule has 3 nitrogen and oxygen atoms in total. The highest BCUT2D eigenvalue weighted by atomic mass is 16.3. The molecule has 0 saturated heterocycles. The first-order chi connectivity index (χ1) is 9.07. The fourth-order valence-corrected chi connectivity index (χ4v) is 3.24. The Labute approximate surface area is 111 Å². The van der Waals surface area contributed by atoms with Gasteiger partial charge in [0.2, 0.25) is 0 Å². The van der Waals surface area contributed by atoms with E-state index in [0.29, 0.717) is 0 Å². The van der Waals surface area contributed by atoms with Gasteiger partial charge in [-0.25, -0.2) is 0 Å². The molecular formula is C16H17NO2. The van der Waals surface area contributed by atoms with E-state index in [1.807, 2.05) is 13.8 Å². The summed E-state index contributed by atoms with van der Waals surface area (Å²) in [7, 11) is 0. The molecule has 1 aliphatic rings. The predicted octanol–water partition coefficient (Wildman–Crippen LogP) is 4.13. The lowest BCUT2D eigenvalue weighted by molar-refractivity contribution is 0.255. The minimum Gasteiger partial charge on any atom is -0.461 e. The van der Waals surface area contributed by atoms with Crippen molar-refractivity contribution < 1.29 is 8.83 Å². The zero-order valence-corrected chi connectivity index (χ0v) is 11.2. The van der Waals surface area contributed by atoms with E-state index < -0.39 is 0 Å². The summed E-state index contributed by atoms with van der Waals surface area (Å²) < 4.78 is 11.7. The summed E-state index contributed by atoms with van der Waals surface area (Å²) >= 11 is 0. The third-order valence-corrected chi connectivity index (χ3v) is 4.29. The van der Waals surface area contributed by atoms with Crippen molar-refractivity contribution in [2.45, 2.75) is 38.6 Å². The Morgan fingerprint density at radius 3 is 2.47 bits per heavy atom. The predicted molar refractivity (Wildman–Crippen MR) is 75.2 cm³/mol. The van der Waals surface area contributed by atoms with Crippen molar-refractivity contribution >= 4 is 21.9 Å². The molecule has 4 rings (SSSR count). The largest absolute Gasteiger partial charge is 0.461 e. The second kappa shape index (κ2) is 3.42. The van der Waals surface area contributed by atoms with Gasteiger partial charge in [0.1, 0.15) is 22.7 Å². The summed E-state index contributed by atoms with van der Waals surface area (Å²) in [6.45, 7) is 3.95. The van der Waals surface area contributed by atoms with E-state index in [2.05, 4.69) is 18.2 Å². The minimum atomic E-state index is -0.252. The van der Waals surface area contributed by atoms with Crippen molar-refractivity contribution in [2.75, 3.05) is 0 Å². The third kappa shape index (κ3) is 1.42. The number of hydrogen-bond acceptors (Lipinski definition) is 3. The maximum atomic E-state index is 6.57. The van der Waals surface area contributed by atoms with Crippen LogP contribution in [0.5, 0.6) is 0 Å². The van der Waals surface area contributed by atoms with Crippen LogP contribution in [0.25, 0.3) is 21.9 Å². The Balaban J connectivity index is 2.18. The van der Waals surface area contributed by atoms with Crippen LogP contribution in [0.4, 0.5) is 0 Å². The standard InChI is InChI=1S/C16H17NO2/c1-9-6-11-8-13-12(7-10(2)18-13)14(15(11)19-9)16(17)4-3-5-16/h6-8H,3-5,17H2,1-2H3. The first-order valence-corrected chi connectivity index (χ1v) is 6.79. The molecule has 2 aromatic heterocycles. The normalized spacial score (nSPS) is 18.1. The molecule has 1 saturated carbocycles. The van der Waals surface area contributed by atoms with Gasteiger partial charge in [0.25, 0.3) is 0 Å². The number of benzene rings is 1. The van der Waals surface area contributed by atoms with Crippen molar-refractivity contribution in [2.24, 2.45) is 5.73 Å². The molecule has 19 heavy (non-hydrogen) atoms. The van der Waals surface area contributed by atoms with Crippen LogP contribution < -0.4 is 5.73 Å². The van der Waals surface area contributed by atoms with Crippen molar-refractivity contribution in [1.29, 1.82) is 0 Å². The first-order valence-electron chi connectivity index (χ1n) is 6.79. The molecule has 1 aliphatic carbocycles. The number of fused-ring (bicyclic) bond motifs is 2. The second-order valence-electron chi connectivity index (χ2n) is 5.81. The Morgan fingerprint density at radius 1 is 1.05 bits per heavy atom. The number of hydrogen-bond donors (Lipinski definition) is 1. The second-order valence-corrected chi connectivity index (χ2v) is 5.81. The molecule has 0 bridgehead atoms. The minimum absolute atomic E-state index is 0.252. The van der Waals surface area contributed by atoms with Crippen LogP contribution in [0.3, 0.4) is 0 Å². The highest BCUT2D eigenvalue weighted by Gasteiger charge is 2.38. The average molecular weight is 255 g/mol. The molecule has 0 radical (unpaired) electrons. The van der Waals surface area contributed by atoms with Crippen molar-refractivity contribution in [1.82, 2.24) is 0 Å². The van der Waals surface area contributed by atoms with E-state index in [4.69, 9.17) is 14.6 Å². The van der Waals surface area contributed by atoms with E-state index in [9.17, 15) is 0 Å². The molecule has 3 heteroatoms. The fraction of sp³-hybridized carbons (Fsp3) is 0.375. The van der Waals surface area contributed by atoms with Gasteiger partial charge in [0.15, 0.2) is 0 Å². The SMILES string of the molecule is Cc1cc2c(C3(N)CCC3)c3oc(C)cc3cc2o1. The quantitative estimate of drug-likeness (QED) is 0.711. The first kappa shape index (κ1) is 11.1. The topological polar surface area (TPSA) is 52.3 Å². The molecule has 3 aromatic rings. The number of furan rings is 2. The van der Waals surface area contributed by atoms with Crippen molar-refractivity contribution in [3.8, 4) is 0 Å². The summed E-state index contributed by atoms with van der Waals surface area (Å²) in [5.74, 6) is 1.84. The van der Waals surface area contributed by atoms with Crippen LogP contribution in [0.1, 0.15) is 36.3 Å². The van der Waals surface area contributed by atoms with Gasteiger partial charge in [0, 0.05) is 21.9 Å². The van der Waals surface area contributed by atoms with Crippen LogP contribution in [0.2, 0.25) is 0 Å². The van der Waals surface area contributed by atoms with Crippen LogP contribution >= 0.6 is 0 Å². The Hall–Kier alpha value is -1.74. The molecule has 0 atom stereocenters. The molecule has 2 N–H and O–H groups in total. The molecule has 1 aromatic carbocycles. The van der Waals surface area contributed by atoms with Gasteiger partial charge in [-0.05, 0) is 51.3 Å². The third-order valence-electron chi connectivity index (χ3n) is 4.29. The number of rotatable bonds is 1. The van der Waals surface area contributed by atoms with E-state index in [0.717, 1.165) is 51.9 Å². The van der Waals surface area contributed by atoms with Gasteiger partial charge in [-0.3, -0.25) is 0 Å². The molecule has 0 amide bonds. The number of nitrogens with two attached hydrogens (primary N) is 1. The van der Waals surface area contributed by atoms with Crippen LogP contribution in [-0.4, -0.2) is 0 Å². The van der Waals surface area contributed by atoms with Gasteiger partial charge < -0.3 is 14.6 Å². The molecule has 0 aliphatic heterocycles. The summed E-state index contributed by atoms with van der Waals surface area (Å²) in [5, 5.41) is 2.20. The summed E-state index contributed by atoms with van der Waals surface area (Å²) in [6.07, 6.45) is 3.22. The van der Waals surface area contributed by atoms with Gasteiger partial charge in [0.05, 0.1) is 0 Å². The van der Waals surface area contributed by atoms with Crippen molar-refractivity contribution in [3.05, 3.63) is 35.3 Å². The zero-order chi connectivity index (χ0) is 13.2. The highest BCUT2D eigenvalue weighted by molar-refractivity contribution is 5.99.